The maximum atomic E-state index is 13.2. The minimum Gasteiger partial charge on any atom is -0.477 e. The van der Waals surface area contributed by atoms with Gasteiger partial charge in [0.05, 0.1) is 24.5 Å². The first-order chi connectivity index (χ1) is 18.1. The van der Waals surface area contributed by atoms with Gasteiger partial charge in [-0.05, 0) is 51.7 Å². The maximum Gasteiger partial charge on any atom is 0.353 e. The molecule has 0 bridgehead atoms. The highest BCUT2D eigenvalue weighted by molar-refractivity contribution is 8.03. The lowest BCUT2D eigenvalue weighted by Crippen LogP contribution is -2.66. The summed E-state index contributed by atoms with van der Waals surface area (Å²) in [5.41, 5.74) is 0.0590. The van der Waals surface area contributed by atoms with Gasteiger partial charge in [-0.25, -0.2) is 4.79 Å². The van der Waals surface area contributed by atoms with Gasteiger partial charge in [-0.15, -0.1) is 11.8 Å². The standard InChI is InChI=1S/C26H40N6O5S/c1-13-21-20(14(2)29-19(33)12-31-8-6-15-10-27-7-5-18(15)31)25(35)32(21)22(26(36)37)23(13)38-16-9-17(28-11-16)24(34)30(3)4/h13-18,20-21,27-28H,5-12H2,1-4H3,(H,29,33)(H,36,37)/t13-,14?,15?,16+,17+,18?,20-,21-/m1/s1. The van der Waals surface area contributed by atoms with E-state index in [0.717, 1.165) is 32.5 Å². The molecule has 12 heteroatoms. The van der Waals surface area contributed by atoms with Crippen molar-refractivity contribution in [1.29, 1.82) is 0 Å². The molecule has 4 N–H and O–H groups in total. The molecule has 0 spiro atoms. The molecule has 0 aromatic heterocycles. The average molecular weight is 549 g/mol. The molecular formula is C26H40N6O5S. The molecule has 5 aliphatic heterocycles. The number of thioether (sulfide) groups is 1. The first kappa shape index (κ1) is 27.4. The van der Waals surface area contributed by atoms with Crippen LogP contribution in [0.25, 0.3) is 0 Å². The zero-order valence-electron chi connectivity index (χ0n) is 22.6. The Morgan fingerprint density at radius 1 is 1.24 bits per heavy atom. The quantitative estimate of drug-likeness (QED) is 0.296. The summed E-state index contributed by atoms with van der Waals surface area (Å²) in [4.78, 5) is 56.8. The molecule has 210 valence electrons. The van der Waals surface area contributed by atoms with E-state index in [1.54, 1.807) is 19.0 Å². The van der Waals surface area contributed by atoms with Crippen LogP contribution in [-0.2, 0) is 19.2 Å². The van der Waals surface area contributed by atoms with Gasteiger partial charge in [-0.2, -0.15) is 0 Å². The SMILES string of the molecule is CC(NC(=O)CN1CCC2CNCCC21)[C@H]1C(=O)N2C(C(=O)O)=C(S[C@@H]3CN[C@H](C(=O)N(C)C)C3)[C@H](C)[C@H]12. The summed E-state index contributed by atoms with van der Waals surface area (Å²) in [5.74, 6) is -1.45. The van der Waals surface area contributed by atoms with Gasteiger partial charge in [0.2, 0.25) is 17.7 Å². The smallest absolute Gasteiger partial charge is 0.353 e. The number of nitrogens with zero attached hydrogens (tertiary/aromatic N) is 3. The van der Waals surface area contributed by atoms with E-state index in [4.69, 9.17) is 0 Å². The van der Waals surface area contributed by atoms with Crippen molar-refractivity contribution in [3.8, 4) is 0 Å². The number of carbonyl (C=O) groups excluding carboxylic acids is 3. The topological polar surface area (TPSA) is 134 Å². The third-order valence-electron chi connectivity index (χ3n) is 9.01. The Morgan fingerprint density at radius 3 is 2.71 bits per heavy atom. The van der Waals surface area contributed by atoms with Crippen LogP contribution in [0.5, 0.6) is 0 Å². The lowest BCUT2D eigenvalue weighted by molar-refractivity contribution is -0.158. The zero-order chi connectivity index (χ0) is 27.3. The van der Waals surface area contributed by atoms with Crippen LogP contribution in [0.3, 0.4) is 0 Å². The molecule has 11 nitrogen and oxygen atoms in total. The summed E-state index contributed by atoms with van der Waals surface area (Å²) in [6, 6.07) is -0.529. The number of carbonyl (C=O) groups is 4. The lowest BCUT2D eigenvalue weighted by Gasteiger charge is -2.47. The van der Waals surface area contributed by atoms with Crippen LogP contribution in [0.1, 0.15) is 33.1 Å². The average Bonchev–Trinajstić information content (AvgIpc) is 3.55. The molecule has 0 radical (unpaired) electrons. The number of nitrogens with one attached hydrogen (secondary N) is 3. The third kappa shape index (κ3) is 4.84. The molecule has 4 fully saturated rings. The van der Waals surface area contributed by atoms with Gasteiger partial charge in [-0.3, -0.25) is 19.3 Å². The molecule has 5 heterocycles. The molecule has 3 unspecified atom stereocenters. The summed E-state index contributed by atoms with van der Waals surface area (Å²) < 4.78 is 0. The maximum absolute atomic E-state index is 13.2. The van der Waals surface area contributed by atoms with Crippen LogP contribution in [0.15, 0.2) is 10.6 Å². The van der Waals surface area contributed by atoms with Crippen molar-refractivity contribution in [2.75, 3.05) is 46.8 Å². The number of hydrogen-bond acceptors (Lipinski definition) is 8. The normalized spacial score (nSPS) is 35.5. The van der Waals surface area contributed by atoms with Crippen molar-refractivity contribution in [1.82, 2.24) is 30.7 Å². The van der Waals surface area contributed by atoms with E-state index >= 15 is 0 Å². The van der Waals surface area contributed by atoms with Gasteiger partial charge in [0.15, 0.2) is 0 Å². The minimum atomic E-state index is -1.11. The predicted molar refractivity (Wildman–Crippen MR) is 143 cm³/mol. The summed E-state index contributed by atoms with van der Waals surface area (Å²) in [6.45, 7) is 7.65. The number of rotatable bonds is 8. The Labute approximate surface area is 228 Å². The van der Waals surface area contributed by atoms with E-state index < -0.39 is 11.9 Å². The summed E-state index contributed by atoms with van der Waals surface area (Å²) in [7, 11) is 3.45. The Balaban J connectivity index is 1.21. The highest BCUT2D eigenvalue weighted by atomic mass is 32.2. The lowest BCUT2D eigenvalue weighted by atomic mass is 9.78. The first-order valence-corrected chi connectivity index (χ1v) is 14.6. The molecule has 5 aliphatic rings. The van der Waals surface area contributed by atoms with E-state index in [9.17, 15) is 24.3 Å². The molecule has 0 aliphatic carbocycles. The van der Waals surface area contributed by atoms with Gasteiger partial charge >= 0.3 is 5.97 Å². The summed E-state index contributed by atoms with van der Waals surface area (Å²) >= 11 is 1.47. The second-order valence-electron chi connectivity index (χ2n) is 11.6. The number of likely N-dealkylation sites (tertiary alicyclic amines) is 1. The van der Waals surface area contributed by atoms with Gasteiger partial charge in [0.25, 0.3) is 0 Å². The zero-order valence-corrected chi connectivity index (χ0v) is 23.4. The molecule has 38 heavy (non-hydrogen) atoms. The fourth-order valence-electron chi connectivity index (χ4n) is 7.12. The minimum absolute atomic E-state index is 0.00763. The van der Waals surface area contributed by atoms with Crippen LogP contribution >= 0.6 is 11.8 Å². The number of aliphatic carboxylic acids is 1. The van der Waals surface area contributed by atoms with E-state index in [-0.39, 0.29) is 52.7 Å². The van der Waals surface area contributed by atoms with E-state index in [1.807, 2.05) is 13.8 Å². The molecule has 0 aromatic carbocycles. The number of hydrogen-bond donors (Lipinski definition) is 4. The van der Waals surface area contributed by atoms with E-state index in [0.29, 0.717) is 36.4 Å². The molecule has 5 rings (SSSR count). The van der Waals surface area contributed by atoms with Crippen LogP contribution in [0.4, 0.5) is 0 Å². The van der Waals surface area contributed by atoms with Gasteiger partial charge < -0.3 is 30.9 Å². The Morgan fingerprint density at radius 2 is 2.00 bits per heavy atom. The Kier molecular flexibility index (Phi) is 7.78. The monoisotopic (exact) mass is 548 g/mol. The van der Waals surface area contributed by atoms with Crippen molar-refractivity contribution in [2.45, 2.75) is 62.5 Å². The molecular weight excluding hydrogens is 508 g/mol. The number of fused-ring (bicyclic) bond motifs is 2. The van der Waals surface area contributed by atoms with E-state index in [2.05, 4.69) is 20.9 Å². The van der Waals surface area contributed by atoms with Crippen molar-refractivity contribution in [2.24, 2.45) is 17.8 Å². The van der Waals surface area contributed by atoms with Gasteiger partial charge in [0, 0.05) is 48.8 Å². The molecule has 0 saturated carbocycles. The molecule has 8 atom stereocenters. The number of β-lactam (4-membered cyclic amide) rings is 1. The second kappa shape index (κ2) is 10.8. The number of piperidine rings is 1. The second-order valence-corrected chi connectivity index (χ2v) is 13.0. The molecule has 0 aromatic rings. The van der Waals surface area contributed by atoms with E-state index in [1.165, 1.54) is 16.7 Å². The van der Waals surface area contributed by atoms with Crippen molar-refractivity contribution < 1.29 is 24.3 Å². The fourth-order valence-corrected chi connectivity index (χ4v) is 8.60. The van der Waals surface area contributed by atoms with Crippen molar-refractivity contribution in [3.05, 3.63) is 10.6 Å². The highest BCUT2D eigenvalue weighted by Crippen LogP contribution is 2.51. The largest absolute Gasteiger partial charge is 0.477 e. The summed E-state index contributed by atoms with van der Waals surface area (Å²) in [6.07, 6.45) is 2.75. The van der Waals surface area contributed by atoms with Crippen molar-refractivity contribution >= 4 is 35.5 Å². The summed E-state index contributed by atoms with van der Waals surface area (Å²) in [5, 5.41) is 19.8. The van der Waals surface area contributed by atoms with Gasteiger partial charge in [0.1, 0.15) is 5.70 Å². The van der Waals surface area contributed by atoms with Crippen LogP contribution < -0.4 is 16.0 Å². The van der Waals surface area contributed by atoms with Crippen LogP contribution in [0, 0.1) is 17.8 Å². The highest BCUT2D eigenvalue weighted by Gasteiger charge is 2.60. The number of likely N-dealkylation sites (N-methyl/N-ethyl adjacent to an activating group) is 1. The Hall–Kier alpha value is -2.15. The predicted octanol–water partition coefficient (Wildman–Crippen LogP) is -0.500. The molecule has 4 saturated heterocycles. The van der Waals surface area contributed by atoms with Gasteiger partial charge in [-0.1, -0.05) is 6.92 Å². The molecule has 3 amide bonds. The van der Waals surface area contributed by atoms with Crippen LogP contribution in [0.2, 0.25) is 0 Å². The fraction of sp³-hybridized carbons (Fsp3) is 0.769. The third-order valence-corrected chi connectivity index (χ3v) is 10.5. The first-order valence-electron chi connectivity index (χ1n) is 13.7. The van der Waals surface area contributed by atoms with Crippen molar-refractivity contribution in [3.63, 3.8) is 0 Å². The number of carboxylic acid groups (broad SMARTS) is 1. The Bertz CT molecular complexity index is 1040. The number of carboxylic acids is 1. The van der Waals surface area contributed by atoms with Crippen LogP contribution in [-0.4, -0.2) is 120 Å². The number of amides is 3.